The lowest BCUT2D eigenvalue weighted by molar-refractivity contribution is 0.106. The van der Waals surface area contributed by atoms with Gasteiger partial charge in [-0.15, -0.1) is 0 Å². The lowest BCUT2D eigenvalue weighted by atomic mass is 10.2. The zero-order valence-electron chi connectivity index (χ0n) is 12.2. The lowest BCUT2D eigenvalue weighted by Crippen LogP contribution is -2.35. The standard InChI is InChI=1S/C16H25NO2S/c1-13-6-2-3-8-16(13)19-12-14(18)10-17-11-15-7-4-5-9-20-15/h2-3,6,8,14-15,17-18H,4-5,7,9-12H2,1H3. The molecule has 0 spiro atoms. The summed E-state index contributed by atoms with van der Waals surface area (Å²) < 4.78 is 5.65. The number of para-hydroxylation sites is 1. The summed E-state index contributed by atoms with van der Waals surface area (Å²) in [6, 6.07) is 7.89. The summed E-state index contributed by atoms with van der Waals surface area (Å²) in [5, 5.41) is 14.0. The Morgan fingerprint density at radius 2 is 2.25 bits per heavy atom. The van der Waals surface area contributed by atoms with E-state index in [1.54, 1.807) is 0 Å². The maximum atomic E-state index is 9.94. The fourth-order valence-electron chi connectivity index (χ4n) is 2.34. The van der Waals surface area contributed by atoms with Gasteiger partial charge in [-0.25, -0.2) is 0 Å². The molecule has 0 bridgehead atoms. The zero-order valence-corrected chi connectivity index (χ0v) is 13.0. The minimum atomic E-state index is -0.455. The third-order valence-corrected chi connectivity index (χ3v) is 4.95. The number of aryl methyl sites for hydroxylation is 1. The molecule has 1 heterocycles. The van der Waals surface area contributed by atoms with Crippen LogP contribution >= 0.6 is 11.8 Å². The minimum Gasteiger partial charge on any atom is -0.491 e. The number of aliphatic hydroxyl groups excluding tert-OH is 1. The van der Waals surface area contributed by atoms with Crippen LogP contribution in [0.4, 0.5) is 0 Å². The second kappa shape index (κ2) is 8.55. The highest BCUT2D eigenvalue weighted by Crippen LogP contribution is 2.24. The number of rotatable bonds is 7. The maximum Gasteiger partial charge on any atom is 0.122 e. The molecule has 2 rings (SSSR count). The van der Waals surface area contributed by atoms with Crippen LogP contribution in [0.2, 0.25) is 0 Å². The van der Waals surface area contributed by atoms with Gasteiger partial charge in [0.1, 0.15) is 18.5 Å². The third-order valence-electron chi connectivity index (χ3n) is 3.55. The first-order valence-corrected chi connectivity index (χ1v) is 8.49. The van der Waals surface area contributed by atoms with Crippen molar-refractivity contribution in [3.8, 4) is 5.75 Å². The summed E-state index contributed by atoms with van der Waals surface area (Å²) in [4.78, 5) is 0. The van der Waals surface area contributed by atoms with Crippen LogP contribution in [0.15, 0.2) is 24.3 Å². The predicted molar refractivity (Wildman–Crippen MR) is 85.6 cm³/mol. The van der Waals surface area contributed by atoms with Crippen molar-refractivity contribution in [2.45, 2.75) is 37.5 Å². The van der Waals surface area contributed by atoms with Crippen LogP contribution in [0, 0.1) is 6.92 Å². The molecule has 0 saturated carbocycles. The SMILES string of the molecule is Cc1ccccc1OCC(O)CNCC1CCCCS1. The van der Waals surface area contributed by atoms with Crippen molar-refractivity contribution in [1.82, 2.24) is 5.32 Å². The molecule has 1 saturated heterocycles. The summed E-state index contributed by atoms with van der Waals surface area (Å²) in [6.45, 7) is 3.95. The Morgan fingerprint density at radius 3 is 3.00 bits per heavy atom. The van der Waals surface area contributed by atoms with Gasteiger partial charge in [0, 0.05) is 18.3 Å². The van der Waals surface area contributed by atoms with Crippen molar-refractivity contribution >= 4 is 11.8 Å². The first kappa shape index (κ1) is 15.7. The van der Waals surface area contributed by atoms with Gasteiger partial charge in [-0.3, -0.25) is 0 Å². The highest BCUT2D eigenvalue weighted by molar-refractivity contribution is 7.99. The van der Waals surface area contributed by atoms with Crippen LogP contribution < -0.4 is 10.1 Å². The van der Waals surface area contributed by atoms with Crippen molar-refractivity contribution in [2.75, 3.05) is 25.4 Å². The van der Waals surface area contributed by atoms with E-state index in [2.05, 4.69) is 17.1 Å². The fraction of sp³-hybridized carbons (Fsp3) is 0.625. The molecule has 2 N–H and O–H groups in total. The molecule has 3 nitrogen and oxygen atoms in total. The molecule has 2 unspecified atom stereocenters. The van der Waals surface area contributed by atoms with Crippen LogP contribution in [0.25, 0.3) is 0 Å². The molecule has 4 heteroatoms. The molecular weight excluding hydrogens is 270 g/mol. The first-order valence-electron chi connectivity index (χ1n) is 7.44. The van der Waals surface area contributed by atoms with Crippen molar-refractivity contribution in [3.63, 3.8) is 0 Å². The second-order valence-electron chi connectivity index (χ2n) is 5.38. The number of benzene rings is 1. The molecule has 0 radical (unpaired) electrons. The van der Waals surface area contributed by atoms with Crippen LogP contribution in [0.1, 0.15) is 24.8 Å². The number of ether oxygens (including phenoxy) is 1. The zero-order chi connectivity index (χ0) is 14.2. The van der Waals surface area contributed by atoms with Gasteiger partial charge in [0.25, 0.3) is 0 Å². The van der Waals surface area contributed by atoms with Crippen molar-refractivity contribution < 1.29 is 9.84 Å². The molecule has 1 aromatic carbocycles. The van der Waals surface area contributed by atoms with E-state index < -0.39 is 6.10 Å². The molecule has 0 aliphatic carbocycles. The van der Waals surface area contributed by atoms with Gasteiger partial charge >= 0.3 is 0 Å². The predicted octanol–water partition coefficient (Wildman–Crippen LogP) is 2.61. The van der Waals surface area contributed by atoms with Gasteiger partial charge in [-0.2, -0.15) is 11.8 Å². The summed E-state index contributed by atoms with van der Waals surface area (Å²) in [7, 11) is 0. The van der Waals surface area contributed by atoms with Gasteiger partial charge in [-0.1, -0.05) is 24.6 Å². The Morgan fingerprint density at radius 1 is 1.40 bits per heavy atom. The number of hydrogen-bond acceptors (Lipinski definition) is 4. The van der Waals surface area contributed by atoms with E-state index >= 15 is 0 Å². The molecule has 1 fully saturated rings. The summed E-state index contributed by atoms with van der Waals surface area (Å²) >= 11 is 2.05. The normalized spacial score (nSPS) is 20.6. The van der Waals surface area contributed by atoms with Crippen molar-refractivity contribution in [3.05, 3.63) is 29.8 Å². The largest absolute Gasteiger partial charge is 0.491 e. The highest BCUT2D eigenvalue weighted by Gasteiger charge is 2.14. The van der Waals surface area contributed by atoms with E-state index in [9.17, 15) is 5.11 Å². The van der Waals surface area contributed by atoms with Crippen molar-refractivity contribution in [2.24, 2.45) is 0 Å². The van der Waals surface area contributed by atoms with Gasteiger partial charge in [0.05, 0.1) is 0 Å². The first-order chi connectivity index (χ1) is 9.75. The number of aliphatic hydroxyl groups is 1. The van der Waals surface area contributed by atoms with Crippen LogP contribution in [-0.4, -0.2) is 41.9 Å². The Labute approximate surface area is 126 Å². The van der Waals surface area contributed by atoms with Crippen molar-refractivity contribution in [1.29, 1.82) is 0 Å². The number of hydrogen-bond donors (Lipinski definition) is 2. The monoisotopic (exact) mass is 295 g/mol. The average molecular weight is 295 g/mol. The maximum absolute atomic E-state index is 9.94. The van der Waals surface area contributed by atoms with Gasteiger partial charge < -0.3 is 15.2 Å². The average Bonchev–Trinajstić information content (AvgIpc) is 2.47. The third kappa shape index (κ3) is 5.35. The molecule has 1 aliphatic heterocycles. The van der Waals surface area contributed by atoms with E-state index in [0.29, 0.717) is 18.4 Å². The lowest BCUT2D eigenvalue weighted by Gasteiger charge is -2.22. The van der Waals surface area contributed by atoms with Gasteiger partial charge in [-0.05, 0) is 37.1 Å². The molecule has 1 aliphatic rings. The Kier molecular flexibility index (Phi) is 6.70. The molecule has 2 atom stereocenters. The topological polar surface area (TPSA) is 41.5 Å². The fourth-order valence-corrected chi connectivity index (χ4v) is 3.62. The van der Waals surface area contributed by atoms with Crippen LogP contribution in [0.3, 0.4) is 0 Å². The Hall–Kier alpha value is -0.710. The number of nitrogens with one attached hydrogen (secondary N) is 1. The second-order valence-corrected chi connectivity index (χ2v) is 6.79. The van der Waals surface area contributed by atoms with E-state index in [1.165, 1.54) is 25.0 Å². The summed E-state index contributed by atoms with van der Waals surface area (Å²) in [6.07, 6.45) is 3.54. The Balaban J connectivity index is 1.60. The van der Waals surface area contributed by atoms with Gasteiger partial charge in [0.15, 0.2) is 0 Å². The summed E-state index contributed by atoms with van der Waals surface area (Å²) in [5.74, 6) is 2.14. The van der Waals surface area contributed by atoms with Crippen LogP contribution in [0.5, 0.6) is 5.75 Å². The summed E-state index contributed by atoms with van der Waals surface area (Å²) in [5.41, 5.74) is 1.10. The number of thioether (sulfide) groups is 1. The Bertz CT molecular complexity index is 394. The molecule has 112 valence electrons. The molecule has 0 amide bonds. The van der Waals surface area contributed by atoms with Crippen LogP contribution in [-0.2, 0) is 0 Å². The smallest absolute Gasteiger partial charge is 0.122 e. The molecule has 20 heavy (non-hydrogen) atoms. The van der Waals surface area contributed by atoms with E-state index in [1.807, 2.05) is 31.2 Å². The van der Waals surface area contributed by atoms with E-state index in [4.69, 9.17) is 4.74 Å². The minimum absolute atomic E-state index is 0.343. The molecule has 0 aromatic heterocycles. The van der Waals surface area contributed by atoms with E-state index in [0.717, 1.165) is 17.9 Å². The highest BCUT2D eigenvalue weighted by atomic mass is 32.2. The quantitative estimate of drug-likeness (QED) is 0.811. The van der Waals surface area contributed by atoms with E-state index in [-0.39, 0.29) is 0 Å². The van der Waals surface area contributed by atoms with Gasteiger partial charge in [0.2, 0.25) is 0 Å². The molecule has 1 aromatic rings. The molecular formula is C16H25NO2S.